The van der Waals surface area contributed by atoms with Crippen LogP contribution in [0.4, 0.5) is 17.5 Å². The van der Waals surface area contributed by atoms with E-state index < -0.39 is 0 Å². The van der Waals surface area contributed by atoms with Gasteiger partial charge in [-0.25, -0.2) is 4.98 Å². The Kier molecular flexibility index (Phi) is 5.90. The summed E-state index contributed by atoms with van der Waals surface area (Å²) in [7, 11) is 6.88. The van der Waals surface area contributed by atoms with E-state index in [2.05, 4.69) is 26.8 Å². The lowest BCUT2D eigenvalue weighted by Crippen LogP contribution is -2.06. The summed E-state index contributed by atoms with van der Waals surface area (Å²) in [5.74, 6) is 2.50. The van der Waals surface area contributed by atoms with E-state index in [-0.39, 0.29) is 0 Å². The van der Waals surface area contributed by atoms with Crippen LogP contribution in [0.3, 0.4) is 0 Å². The van der Waals surface area contributed by atoms with Crippen molar-refractivity contribution in [3.05, 3.63) is 47.5 Å². The molecule has 3 N–H and O–H groups in total. The molecule has 0 atom stereocenters. The summed E-state index contributed by atoms with van der Waals surface area (Å²) in [6, 6.07) is 11.8. The molecule has 0 spiro atoms. The van der Waals surface area contributed by atoms with Gasteiger partial charge >= 0.3 is 0 Å². The summed E-state index contributed by atoms with van der Waals surface area (Å²) in [4.78, 5) is 4.52. The van der Waals surface area contributed by atoms with Crippen LogP contribution in [0.5, 0.6) is 5.75 Å². The Morgan fingerprint density at radius 3 is 2.71 bits per heavy atom. The van der Waals surface area contributed by atoms with Crippen molar-refractivity contribution in [1.29, 1.82) is 5.41 Å². The Labute approximate surface area is 164 Å². The molecule has 146 valence electrons. The van der Waals surface area contributed by atoms with Gasteiger partial charge in [-0.2, -0.15) is 5.10 Å². The standard InChI is InChI=1S/C20H24N6O2/c1-22-20-15(11-21)17(28-4)10-18(24-20)23-19-9-16(25-26(19)2)14-7-5-6-13(8-14)12-27-3/h5-11,21H,12H2,1-4H3,(H2,22,23,24). The van der Waals surface area contributed by atoms with Crippen LogP contribution in [0, 0.1) is 5.41 Å². The number of ether oxygens (including phenoxy) is 2. The molecule has 8 nitrogen and oxygen atoms in total. The average molecular weight is 380 g/mol. The van der Waals surface area contributed by atoms with E-state index in [0.717, 1.165) is 22.6 Å². The highest BCUT2D eigenvalue weighted by atomic mass is 16.5. The van der Waals surface area contributed by atoms with Gasteiger partial charge in [-0.05, 0) is 11.6 Å². The Balaban J connectivity index is 1.92. The molecule has 3 rings (SSSR count). The van der Waals surface area contributed by atoms with Crippen molar-refractivity contribution in [2.24, 2.45) is 7.05 Å². The normalized spacial score (nSPS) is 10.6. The molecule has 28 heavy (non-hydrogen) atoms. The van der Waals surface area contributed by atoms with Crippen LogP contribution in [0.2, 0.25) is 0 Å². The number of rotatable bonds is 8. The smallest absolute Gasteiger partial charge is 0.140 e. The summed E-state index contributed by atoms with van der Waals surface area (Å²) in [5.41, 5.74) is 3.54. The van der Waals surface area contributed by atoms with Crippen molar-refractivity contribution in [1.82, 2.24) is 14.8 Å². The Hall–Kier alpha value is -3.39. The lowest BCUT2D eigenvalue weighted by Gasteiger charge is -2.13. The molecule has 0 bridgehead atoms. The highest BCUT2D eigenvalue weighted by molar-refractivity contribution is 5.89. The molecule has 0 radical (unpaired) electrons. The van der Waals surface area contributed by atoms with Crippen LogP contribution in [-0.4, -0.2) is 42.2 Å². The molecule has 0 saturated carbocycles. The van der Waals surface area contributed by atoms with Crippen LogP contribution in [0.15, 0.2) is 36.4 Å². The fourth-order valence-corrected chi connectivity index (χ4v) is 2.94. The first-order valence-corrected chi connectivity index (χ1v) is 8.76. The lowest BCUT2D eigenvalue weighted by molar-refractivity contribution is 0.185. The van der Waals surface area contributed by atoms with Gasteiger partial charge in [-0.1, -0.05) is 18.2 Å². The zero-order valence-corrected chi connectivity index (χ0v) is 16.4. The second-order valence-corrected chi connectivity index (χ2v) is 6.16. The third-order valence-electron chi connectivity index (χ3n) is 4.29. The van der Waals surface area contributed by atoms with Gasteiger partial charge < -0.3 is 25.5 Å². The Bertz CT molecular complexity index is 958. The number of aryl methyl sites for hydroxylation is 1. The minimum atomic E-state index is 0.557. The first-order chi connectivity index (χ1) is 13.6. The minimum Gasteiger partial charge on any atom is -0.496 e. The summed E-state index contributed by atoms with van der Waals surface area (Å²) >= 11 is 0. The van der Waals surface area contributed by atoms with Crippen LogP contribution in [0.1, 0.15) is 11.1 Å². The number of methoxy groups -OCH3 is 2. The highest BCUT2D eigenvalue weighted by Gasteiger charge is 2.13. The van der Waals surface area contributed by atoms with Crippen LogP contribution in [0.25, 0.3) is 11.3 Å². The van der Waals surface area contributed by atoms with E-state index in [9.17, 15) is 0 Å². The van der Waals surface area contributed by atoms with Gasteiger partial charge in [0.2, 0.25) is 0 Å². The van der Waals surface area contributed by atoms with Crippen molar-refractivity contribution in [3.63, 3.8) is 0 Å². The topological polar surface area (TPSA) is 97.1 Å². The third kappa shape index (κ3) is 3.96. The van der Waals surface area contributed by atoms with E-state index in [1.165, 1.54) is 6.21 Å². The molecule has 0 saturated heterocycles. The summed E-state index contributed by atoms with van der Waals surface area (Å²) in [6.45, 7) is 0.557. The molecular formula is C20H24N6O2. The van der Waals surface area contributed by atoms with Crippen LogP contribution < -0.4 is 15.4 Å². The molecule has 0 aliphatic carbocycles. The zero-order chi connectivity index (χ0) is 20.1. The van der Waals surface area contributed by atoms with Crippen molar-refractivity contribution in [2.45, 2.75) is 6.61 Å². The first kappa shape index (κ1) is 19.4. The number of nitrogens with one attached hydrogen (secondary N) is 3. The first-order valence-electron chi connectivity index (χ1n) is 8.76. The molecule has 2 heterocycles. The Morgan fingerprint density at radius 2 is 2.04 bits per heavy atom. The maximum absolute atomic E-state index is 7.58. The summed E-state index contributed by atoms with van der Waals surface area (Å²) < 4.78 is 12.4. The molecule has 8 heteroatoms. The van der Waals surface area contributed by atoms with Crippen molar-refractivity contribution in [3.8, 4) is 17.0 Å². The van der Waals surface area contributed by atoms with E-state index in [4.69, 9.17) is 14.9 Å². The van der Waals surface area contributed by atoms with Gasteiger partial charge in [0.15, 0.2) is 0 Å². The van der Waals surface area contributed by atoms with Gasteiger partial charge in [-0.3, -0.25) is 4.68 Å². The second-order valence-electron chi connectivity index (χ2n) is 6.16. The highest BCUT2D eigenvalue weighted by Crippen LogP contribution is 2.29. The fraction of sp³-hybridized carbons (Fsp3) is 0.250. The largest absolute Gasteiger partial charge is 0.496 e. The maximum Gasteiger partial charge on any atom is 0.140 e. The Morgan fingerprint density at radius 1 is 1.21 bits per heavy atom. The van der Waals surface area contributed by atoms with Crippen LogP contribution >= 0.6 is 0 Å². The molecule has 0 amide bonds. The van der Waals surface area contributed by atoms with Gasteiger partial charge in [-0.15, -0.1) is 0 Å². The molecule has 2 aromatic heterocycles. The SMILES string of the molecule is CNc1nc(Nc2cc(-c3cccc(COC)c3)nn2C)cc(OC)c1C=N. The quantitative estimate of drug-likeness (QED) is 0.518. The minimum absolute atomic E-state index is 0.557. The molecule has 0 aliphatic heterocycles. The molecule has 0 aliphatic rings. The zero-order valence-electron chi connectivity index (χ0n) is 16.4. The van der Waals surface area contributed by atoms with E-state index in [1.54, 1.807) is 32.0 Å². The molecule has 0 unspecified atom stereocenters. The van der Waals surface area contributed by atoms with Gasteiger partial charge in [0, 0.05) is 45.1 Å². The van der Waals surface area contributed by atoms with Crippen LogP contribution in [-0.2, 0) is 18.4 Å². The summed E-state index contributed by atoms with van der Waals surface area (Å²) in [5, 5.41) is 18.4. The van der Waals surface area contributed by atoms with Crippen molar-refractivity contribution in [2.75, 3.05) is 31.9 Å². The van der Waals surface area contributed by atoms with Gasteiger partial charge in [0.05, 0.1) is 25.0 Å². The number of pyridine rings is 1. The third-order valence-corrected chi connectivity index (χ3v) is 4.29. The number of benzene rings is 1. The second kappa shape index (κ2) is 8.53. The predicted molar refractivity (Wildman–Crippen MR) is 111 cm³/mol. The summed E-state index contributed by atoms with van der Waals surface area (Å²) in [6.07, 6.45) is 1.22. The lowest BCUT2D eigenvalue weighted by atomic mass is 10.1. The predicted octanol–water partition coefficient (Wildman–Crippen LogP) is 3.42. The fourth-order valence-electron chi connectivity index (χ4n) is 2.94. The molecule has 3 aromatic rings. The molecule has 0 fully saturated rings. The monoisotopic (exact) mass is 380 g/mol. The van der Waals surface area contributed by atoms with Crippen molar-refractivity contribution >= 4 is 23.7 Å². The van der Waals surface area contributed by atoms with E-state index >= 15 is 0 Å². The maximum atomic E-state index is 7.58. The van der Waals surface area contributed by atoms with Crippen molar-refractivity contribution < 1.29 is 9.47 Å². The number of anilines is 3. The number of nitrogens with zero attached hydrogens (tertiary/aromatic N) is 3. The van der Waals surface area contributed by atoms with E-state index in [0.29, 0.717) is 29.6 Å². The number of hydrogen-bond donors (Lipinski definition) is 3. The molecule has 1 aromatic carbocycles. The van der Waals surface area contributed by atoms with Gasteiger partial charge in [0.1, 0.15) is 23.2 Å². The number of hydrogen-bond acceptors (Lipinski definition) is 7. The molecular weight excluding hydrogens is 356 g/mol. The van der Waals surface area contributed by atoms with Gasteiger partial charge in [0.25, 0.3) is 0 Å². The van der Waals surface area contributed by atoms with E-state index in [1.807, 2.05) is 31.3 Å². The number of aromatic nitrogens is 3. The average Bonchev–Trinajstić information content (AvgIpc) is 3.08.